The highest BCUT2D eigenvalue weighted by Crippen LogP contribution is 2.12. The van der Waals surface area contributed by atoms with E-state index in [-0.39, 0.29) is 0 Å². The Morgan fingerprint density at radius 1 is 1.35 bits per heavy atom. The van der Waals surface area contributed by atoms with E-state index >= 15 is 0 Å². The van der Waals surface area contributed by atoms with Crippen molar-refractivity contribution in [3.8, 4) is 5.75 Å². The highest BCUT2D eigenvalue weighted by Gasteiger charge is 1.99. The first-order valence-electron chi connectivity index (χ1n) is 6.32. The van der Waals surface area contributed by atoms with E-state index in [1.54, 1.807) is 0 Å². The van der Waals surface area contributed by atoms with E-state index < -0.39 is 0 Å². The Labute approximate surface area is 105 Å². The summed E-state index contributed by atoms with van der Waals surface area (Å²) in [6.07, 6.45) is 3.99. The van der Waals surface area contributed by atoms with E-state index in [2.05, 4.69) is 37.9 Å². The molecule has 1 atom stereocenters. The normalized spacial score (nSPS) is 12.1. The zero-order chi connectivity index (χ0) is 12.5. The SMILES string of the molecule is C=CCC(C)NCc1ccc(OCCC)cc1. The lowest BCUT2D eigenvalue weighted by Gasteiger charge is -2.12. The molecule has 0 spiro atoms. The van der Waals surface area contributed by atoms with Gasteiger partial charge in [0.15, 0.2) is 0 Å². The fourth-order valence-electron chi connectivity index (χ4n) is 1.55. The molecule has 0 amide bonds. The molecule has 17 heavy (non-hydrogen) atoms. The molecular formula is C15H23NO. The van der Waals surface area contributed by atoms with Gasteiger partial charge < -0.3 is 10.1 Å². The summed E-state index contributed by atoms with van der Waals surface area (Å²) >= 11 is 0. The molecule has 1 aromatic rings. The van der Waals surface area contributed by atoms with Crippen LogP contribution in [0.5, 0.6) is 5.75 Å². The third-order valence-electron chi connectivity index (χ3n) is 2.57. The van der Waals surface area contributed by atoms with Gasteiger partial charge in [-0.2, -0.15) is 0 Å². The minimum absolute atomic E-state index is 0.475. The number of ether oxygens (including phenoxy) is 1. The van der Waals surface area contributed by atoms with Crippen LogP contribution in [0.4, 0.5) is 0 Å². The monoisotopic (exact) mass is 233 g/mol. The van der Waals surface area contributed by atoms with Gasteiger partial charge >= 0.3 is 0 Å². The molecule has 0 fully saturated rings. The molecular weight excluding hydrogens is 210 g/mol. The van der Waals surface area contributed by atoms with Crippen molar-refractivity contribution in [2.45, 2.75) is 39.3 Å². The van der Waals surface area contributed by atoms with Crippen molar-refractivity contribution in [2.24, 2.45) is 0 Å². The Kier molecular flexibility index (Phi) is 6.41. The highest BCUT2D eigenvalue weighted by atomic mass is 16.5. The molecule has 2 nitrogen and oxygen atoms in total. The molecule has 0 aliphatic heterocycles. The van der Waals surface area contributed by atoms with E-state index in [0.717, 1.165) is 31.7 Å². The van der Waals surface area contributed by atoms with E-state index in [4.69, 9.17) is 4.74 Å². The van der Waals surface area contributed by atoms with Gasteiger partial charge in [-0.25, -0.2) is 0 Å². The van der Waals surface area contributed by atoms with Gasteiger partial charge in [0.1, 0.15) is 5.75 Å². The number of nitrogens with one attached hydrogen (secondary N) is 1. The molecule has 1 rings (SSSR count). The van der Waals surface area contributed by atoms with Gasteiger partial charge in [-0.15, -0.1) is 6.58 Å². The summed E-state index contributed by atoms with van der Waals surface area (Å²) in [4.78, 5) is 0. The second kappa shape index (κ2) is 7.91. The van der Waals surface area contributed by atoms with E-state index in [1.807, 2.05) is 18.2 Å². The highest BCUT2D eigenvalue weighted by molar-refractivity contribution is 5.27. The van der Waals surface area contributed by atoms with Crippen molar-refractivity contribution >= 4 is 0 Å². The van der Waals surface area contributed by atoms with Gasteiger partial charge in [0.2, 0.25) is 0 Å². The van der Waals surface area contributed by atoms with E-state index in [0.29, 0.717) is 6.04 Å². The molecule has 94 valence electrons. The van der Waals surface area contributed by atoms with Crippen molar-refractivity contribution in [2.75, 3.05) is 6.61 Å². The van der Waals surface area contributed by atoms with Crippen molar-refractivity contribution in [1.82, 2.24) is 5.32 Å². The van der Waals surface area contributed by atoms with Crippen LogP contribution in [0.25, 0.3) is 0 Å². The maximum Gasteiger partial charge on any atom is 0.119 e. The number of rotatable bonds is 8. The van der Waals surface area contributed by atoms with Gasteiger partial charge in [-0.1, -0.05) is 25.1 Å². The molecule has 0 aromatic heterocycles. The Hall–Kier alpha value is -1.28. The van der Waals surface area contributed by atoms with Crippen LogP contribution < -0.4 is 10.1 Å². The van der Waals surface area contributed by atoms with Crippen LogP contribution in [0.3, 0.4) is 0 Å². The topological polar surface area (TPSA) is 21.3 Å². The minimum atomic E-state index is 0.475. The third kappa shape index (κ3) is 5.55. The Morgan fingerprint density at radius 3 is 2.65 bits per heavy atom. The van der Waals surface area contributed by atoms with Gasteiger partial charge in [0.05, 0.1) is 6.61 Å². The molecule has 0 aliphatic rings. The standard InChI is InChI=1S/C15H23NO/c1-4-6-13(3)16-12-14-7-9-15(10-8-14)17-11-5-2/h4,7-10,13,16H,1,5-6,11-12H2,2-3H3. The summed E-state index contributed by atoms with van der Waals surface area (Å²) in [5.74, 6) is 0.953. The van der Waals surface area contributed by atoms with Gasteiger partial charge in [0, 0.05) is 12.6 Å². The van der Waals surface area contributed by atoms with Gasteiger partial charge in [-0.05, 0) is 37.5 Å². The van der Waals surface area contributed by atoms with Crippen molar-refractivity contribution in [3.63, 3.8) is 0 Å². The molecule has 0 radical (unpaired) electrons. The van der Waals surface area contributed by atoms with Crippen LogP contribution in [0.1, 0.15) is 32.3 Å². The van der Waals surface area contributed by atoms with Crippen molar-refractivity contribution in [3.05, 3.63) is 42.5 Å². The quantitative estimate of drug-likeness (QED) is 0.694. The predicted octanol–water partition coefficient (Wildman–Crippen LogP) is 3.53. The molecule has 1 unspecified atom stereocenters. The van der Waals surface area contributed by atoms with Crippen molar-refractivity contribution < 1.29 is 4.74 Å². The second-order valence-corrected chi connectivity index (χ2v) is 4.30. The van der Waals surface area contributed by atoms with E-state index in [1.165, 1.54) is 5.56 Å². The van der Waals surface area contributed by atoms with Gasteiger partial charge in [-0.3, -0.25) is 0 Å². The third-order valence-corrected chi connectivity index (χ3v) is 2.57. The van der Waals surface area contributed by atoms with Crippen LogP contribution in [-0.4, -0.2) is 12.6 Å². The Balaban J connectivity index is 2.37. The molecule has 1 aromatic carbocycles. The second-order valence-electron chi connectivity index (χ2n) is 4.30. The zero-order valence-corrected chi connectivity index (χ0v) is 10.9. The first-order chi connectivity index (χ1) is 8.26. The Morgan fingerprint density at radius 2 is 2.06 bits per heavy atom. The van der Waals surface area contributed by atoms with Crippen LogP contribution >= 0.6 is 0 Å². The fourth-order valence-corrected chi connectivity index (χ4v) is 1.55. The molecule has 0 saturated heterocycles. The molecule has 0 heterocycles. The summed E-state index contributed by atoms with van der Waals surface area (Å²) in [5, 5.41) is 3.45. The lowest BCUT2D eigenvalue weighted by atomic mass is 10.2. The molecule has 0 saturated carbocycles. The molecule has 1 N–H and O–H groups in total. The summed E-state index contributed by atoms with van der Waals surface area (Å²) in [5.41, 5.74) is 1.28. The smallest absolute Gasteiger partial charge is 0.119 e. The average molecular weight is 233 g/mol. The lowest BCUT2D eigenvalue weighted by molar-refractivity contribution is 0.317. The minimum Gasteiger partial charge on any atom is -0.494 e. The maximum atomic E-state index is 5.54. The first kappa shape index (κ1) is 13.8. The summed E-state index contributed by atoms with van der Waals surface area (Å²) in [6, 6.07) is 8.76. The van der Waals surface area contributed by atoms with Crippen LogP contribution in [0, 0.1) is 0 Å². The number of benzene rings is 1. The maximum absolute atomic E-state index is 5.54. The van der Waals surface area contributed by atoms with Crippen LogP contribution in [-0.2, 0) is 6.54 Å². The number of hydrogen-bond acceptors (Lipinski definition) is 2. The van der Waals surface area contributed by atoms with E-state index in [9.17, 15) is 0 Å². The summed E-state index contributed by atoms with van der Waals surface area (Å²) in [7, 11) is 0. The Bertz CT molecular complexity index is 318. The van der Waals surface area contributed by atoms with Crippen molar-refractivity contribution in [1.29, 1.82) is 0 Å². The van der Waals surface area contributed by atoms with Crippen LogP contribution in [0.15, 0.2) is 36.9 Å². The fraction of sp³-hybridized carbons (Fsp3) is 0.467. The van der Waals surface area contributed by atoms with Gasteiger partial charge in [0.25, 0.3) is 0 Å². The molecule has 0 aliphatic carbocycles. The lowest BCUT2D eigenvalue weighted by Crippen LogP contribution is -2.24. The molecule has 0 bridgehead atoms. The predicted molar refractivity (Wildman–Crippen MR) is 73.3 cm³/mol. The largest absolute Gasteiger partial charge is 0.494 e. The van der Waals surface area contributed by atoms with Crippen LogP contribution in [0.2, 0.25) is 0 Å². The summed E-state index contributed by atoms with van der Waals surface area (Å²) in [6.45, 7) is 9.69. The first-order valence-corrected chi connectivity index (χ1v) is 6.32. The average Bonchev–Trinajstić information content (AvgIpc) is 2.35. The summed E-state index contributed by atoms with van der Waals surface area (Å²) < 4.78 is 5.54. The zero-order valence-electron chi connectivity index (χ0n) is 10.9. The number of hydrogen-bond donors (Lipinski definition) is 1. The molecule has 2 heteroatoms.